The van der Waals surface area contributed by atoms with Crippen LogP contribution in [-0.4, -0.2) is 29.9 Å². The number of nitrogens with one attached hydrogen (secondary N) is 2. The lowest BCUT2D eigenvalue weighted by molar-refractivity contribution is -0.118. The smallest absolute Gasteiger partial charge is 0.251 e. The normalized spacial score (nSPS) is 10.3. The van der Waals surface area contributed by atoms with Gasteiger partial charge in [-0.3, -0.25) is 9.59 Å². The highest BCUT2D eigenvalue weighted by molar-refractivity contribution is 7.98. The van der Waals surface area contributed by atoms with Crippen molar-refractivity contribution < 1.29 is 9.59 Å². The number of aromatic nitrogens is 1. The van der Waals surface area contributed by atoms with Gasteiger partial charge in [-0.15, -0.1) is 23.1 Å². The van der Waals surface area contributed by atoms with Crippen LogP contribution in [0.1, 0.15) is 28.0 Å². The highest BCUT2D eigenvalue weighted by Crippen LogP contribution is 2.23. The van der Waals surface area contributed by atoms with Crippen molar-refractivity contribution in [1.82, 2.24) is 15.6 Å². The average molecular weight is 349 g/mol. The molecule has 2 aromatic rings. The first-order valence-electron chi connectivity index (χ1n) is 7.21. The quantitative estimate of drug-likeness (QED) is 0.595. The van der Waals surface area contributed by atoms with Crippen molar-refractivity contribution in [2.24, 2.45) is 0 Å². The summed E-state index contributed by atoms with van der Waals surface area (Å²) in [4.78, 5) is 28.2. The van der Waals surface area contributed by atoms with E-state index in [1.807, 2.05) is 31.2 Å². The minimum atomic E-state index is -0.137. The lowest BCUT2D eigenvalue weighted by Gasteiger charge is -2.06. The fourth-order valence-electron chi connectivity index (χ4n) is 1.85. The van der Waals surface area contributed by atoms with Gasteiger partial charge in [-0.05, 0) is 31.2 Å². The Hall–Kier alpha value is -1.86. The Morgan fingerprint density at radius 2 is 1.87 bits per heavy atom. The number of rotatable bonds is 7. The molecule has 23 heavy (non-hydrogen) atoms. The Morgan fingerprint density at radius 3 is 2.48 bits per heavy atom. The summed E-state index contributed by atoms with van der Waals surface area (Å²) in [6.07, 6.45) is 0. The maximum absolute atomic E-state index is 11.9. The molecule has 0 saturated carbocycles. The summed E-state index contributed by atoms with van der Waals surface area (Å²) in [5.74, 6) is 0.588. The van der Waals surface area contributed by atoms with Crippen molar-refractivity contribution in [3.8, 4) is 0 Å². The molecule has 0 saturated heterocycles. The summed E-state index contributed by atoms with van der Waals surface area (Å²) < 4.78 is 0. The van der Waals surface area contributed by atoms with Crippen molar-refractivity contribution in [2.45, 2.75) is 24.5 Å². The second-order valence-electron chi connectivity index (χ2n) is 4.91. The average Bonchev–Trinajstić information content (AvgIpc) is 2.95. The predicted molar refractivity (Wildman–Crippen MR) is 93.9 cm³/mol. The van der Waals surface area contributed by atoms with E-state index in [4.69, 9.17) is 0 Å². The predicted octanol–water partition coefficient (Wildman–Crippen LogP) is 2.61. The largest absolute Gasteiger partial charge is 0.355 e. The number of amides is 2. The zero-order chi connectivity index (χ0) is 16.7. The summed E-state index contributed by atoms with van der Waals surface area (Å²) >= 11 is 3.35. The van der Waals surface area contributed by atoms with Crippen LogP contribution in [-0.2, 0) is 10.5 Å². The molecule has 7 heteroatoms. The molecule has 0 aliphatic rings. The SMILES string of the molecule is CC(=O)NCCNC(=O)c1ccc(SCc2csc(C)n2)cc1. The summed E-state index contributed by atoms with van der Waals surface area (Å²) in [6, 6.07) is 7.49. The summed E-state index contributed by atoms with van der Waals surface area (Å²) in [7, 11) is 0. The van der Waals surface area contributed by atoms with Crippen molar-refractivity contribution in [1.29, 1.82) is 0 Å². The number of hydrogen-bond donors (Lipinski definition) is 2. The number of hydrogen-bond acceptors (Lipinski definition) is 5. The van der Waals surface area contributed by atoms with Crippen molar-refractivity contribution >= 4 is 34.9 Å². The molecule has 0 spiro atoms. The lowest BCUT2D eigenvalue weighted by atomic mass is 10.2. The third-order valence-electron chi connectivity index (χ3n) is 2.95. The molecule has 0 unspecified atom stereocenters. The Labute approximate surface area is 143 Å². The van der Waals surface area contributed by atoms with Crippen LogP contribution in [0.4, 0.5) is 0 Å². The molecule has 0 aliphatic heterocycles. The number of benzene rings is 1. The number of aryl methyl sites for hydroxylation is 1. The topological polar surface area (TPSA) is 71.1 Å². The first-order valence-corrected chi connectivity index (χ1v) is 9.07. The van der Waals surface area contributed by atoms with Gasteiger partial charge in [-0.25, -0.2) is 4.98 Å². The van der Waals surface area contributed by atoms with Gasteiger partial charge in [0, 0.05) is 41.6 Å². The second kappa shape index (κ2) is 8.69. The zero-order valence-corrected chi connectivity index (χ0v) is 14.7. The molecular weight excluding hydrogens is 330 g/mol. The first kappa shape index (κ1) is 17.5. The van der Waals surface area contributed by atoms with Crippen LogP contribution in [0, 0.1) is 6.92 Å². The van der Waals surface area contributed by atoms with E-state index < -0.39 is 0 Å². The van der Waals surface area contributed by atoms with E-state index in [2.05, 4.69) is 21.0 Å². The molecule has 5 nitrogen and oxygen atoms in total. The van der Waals surface area contributed by atoms with Crippen LogP contribution >= 0.6 is 23.1 Å². The van der Waals surface area contributed by atoms with Gasteiger partial charge in [0.2, 0.25) is 5.91 Å². The lowest BCUT2D eigenvalue weighted by Crippen LogP contribution is -2.33. The maximum Gasteiger partial charge on any atom is 0.251 e. The van der Waals surface area contributed by atoms with E-state index in [9.17, 15) is 9.59 Å². The number of thiazole rings is 1. The van der Waals surface area contributed by atoms with Crippen molar-refractivity contribution in [3.63, 3.8) is 0 Å². The van der Waals surface area contributed by atoms with Crippen LogP contribution in [0.5, 0.6) is 0 Å². The van der Waals surface area contributed by atoms with Gasteiger partial charge in [0.05, 0.1) is 10.7 Å². The number of thioether (sulfide) groups is 1. The third-order valence-corrected chi connectivity index (χ3v) is 4.82. The monoisotopic (exact) mass is 349 g/mol. The Kier molecular flexibility index (Phi) is 6.61. The van der Waals surface area contributed by atoms with E-state index in [1.54, 1.807) is 23.1 Å². The van der Waals surface area contributed by atoms with Crippen LogP contribution in [0.25, 0.3) is 0 Å². The summed E-state index contributed by atoms with van der Waals surface area (Å²) in [6.45, 7) is 4.30. The molecule has 0 fully saturated rings. The van der Waals surface area contributed by atoms with Crippen molar-refractivity contribution in [3.05, 3.63) is 45.9 Å². The second-order valence-corrected chi connectivity index (χ2v) is 7.02. The molecule has 1 aromatic heterocycles. The van der Waals surface area contributed by atoms with E-state index in [0.717, 1.165) is 21.3 Å². The fraction of sp³-hybridized carbons (Fsp3) is 0.312. The third kappa shape index (κ3) is 6.03. The van der Waals surface area contributed by atoms with Gasteiger partial charge >= 0.3 is 0 Å². The Morgan fingerprint density at radius 1 is 1.17 bits per heavy atom. The minimum Gasteiger partial charge on any atom is -0.355 e. The highest BCUT2D eigenvalue weighted by atomic mass is 32.2. The number of carbonyl (C=O) groups is 2. The van der Waals surface area contributed by atoms with E-state index in [1.165, 1.54) is 6.92 Å². The van der Waals surface area contributed by atoms with Gasteiger partial charge in [0.25, 0.3) is 5.91 Å². The molecule has 0 atom stereocenters. The van der Waals surface area contributed by atoms with Crippen molar-refractivity contribution in [2.75, 3.05) is 13.1 Å². The summed E-state index contributed by atoms with van der Waals surface area (Å²) in [5.41, 5.74) is 1.69. The molecule has 2 rings (SSSR count). The van der Waals surface area contributed by atoms with Crippen LogP contribution in [0.15, 0.2) is 34.5 Å². The van der Waals surface area contributed by atoms with Gasteiger partial charge in [-0.1, -0.05) is 0 Å². The first-order chi connectivity index (χ1) is 11.0. The number of carbonyl (C=O) groups excluding carboxylic acids is 2. The molecule has 1 aromatic carbocycles. The molecule has 2 N–H and O–H groups in total. The minimum absolute atomic E-state index is 0.101. The maximum atomic E-state index is 11.9. The molecular formula is C16H19N3O2S2. The summed E-state index contributed by atoms with van der Waals surface area (Å²) in [5, 5.41) is 8.54. The zero-order valence-electron chi connectivity index (χ0n) is 13.1. The van der Waals surface area contributed by atoms with Gasteiger partial charge < -0.3 is 10.6 Å². The van der Waals surface area contributed by atoms with E-state index in [0.29, 0.717) is 18.7 Å². The highest BCUT2D eigenvalue weighted by Gasteiger charge is 2.05. The molecule has 122 valence electrons. The van der Waals surface area contributed by atoms with Gasteiger partial charge in [0.1, 0.15) is 0 Å². The van der Waals surface area contributed by atoms with E-state index in [-0.39, 0.29) is 11.8 Å². The van der Waals surface area contributed by atoms with Gasteiger partial charge in [0.15, 0.2) is 0 Å². The molecule has 0 radical (unpaired) electrons. The van der Waals surface area contributed by atoms with Crippen LogP contribution in [0.2, 0.25) is 0 Å². The van der Waals surface area contributed by atoms with Crippen LogP contribution < -0.4 is 10.6 Å². The molecule has 0 aliphatic carbocycles. The van der Waals surface area contributed by atoms with E-state index >= 15 is 0 Å². The number of nitrogens with zero attached hydrogens (tertiary/aromatic N) is 1. The Balaban J connectivity index is 1.79. The molecule has 1 heterocycles. The standard InChI is InChI=1S/C16H19N3O2S2/c1-11(20)17-7-8-18-16(21)13-3-5-15(6-4-13)23-10-14-9-22-12(2)19-14/h3-6,9H,7-8,10H2,1-2H3,(H,17,20)(H,18,21). The molecule has 0 bridgehead atoms. The van der Waals surface area contributed by atoms with Gasteiger partial charge in [-0.2, -0.15) is 0 Å². The Bertz CT molecular complexity index is 668. The fourth-order valence-corrected chi connectivity index (χ4v) is 3.36. The van der Waals surface area contributed by atoms with Crippen LogP contribution in [0.3, 0.4) is 0 Å². The molecule has 2 amide bonds.